The van der Waals surface area contributed by atoms with E-state index in [1.165, 1.54) is 57.0 Å². The molecule has 1 rings (SSSR count). The third-order valence-electron chi connectivity index (χ3n) is 4.40. The van der Waals surface area contributed by atoms with E-state index in [9.17, 15) is 10.2 Å². The molecule has 0 saturated heterocycles. The molecule has 4 nitrogen and oxygen atoms in total. The predicted octanol–water partition coefficient (Wildman–Crippen LogP) is 4.12. The lowest BCUT2D eigenvalue weighted by Crippen LogP contribution is -2.23. The van der Waals surface area contributed by atoms with Crippen molar-refractivity contribution in [2.75, 3.05) is 24.4 Å². The number of halogens is 1. The van der Waals surface area contributed by atoms with Crippen LogP contribution in [0.1, 0.15) is 59.3 Å². The lowest BCUT2D eigenvalue weighted by molar-refractivity contribution is -0.301. The second kappa shape index (κ2) is 14.1. The van der Waals surface area contributed by atoms with E-state index in [1.807, 2.05) is 6.07 Å². The number of hydrogen-bond donors (Lipinski definition) is 2. The third-order valence-corrected chi connectivity index (χ3v) is 9.51. The summed E-state index contributed by atoms with van der Waals surface area (Å²) in [7, 11) is -1.37. The molecule has 0 aromatic heterocycles. The highest BCUT2D eigenvalue weighted by molar-refractivity contribution is 7.83. The van der Waals surface area contributed by atoms with Crippen LogP contribution < -0.4 is 10.4 Å². The van der Waals surface area contributed by atoms with Gasteiger partial charge in [-0.15, -0.1) is 11.6 Å². The molecule has 0 unspecified atom stereocenters. The number of phenols is 2. The van der Waals surface area contributed by atoms with Crippen molar-refractivity contribution in [3.8, 4) is 11.5 Å². The number of alkyl halides is 1. The monoisotopic (exact) mass is 404 g/mol. The summed E-state index contributed by atoms with van der Waals surface area (Å²) in [6.07, 6.45) is 10.9. The highest BCUT2D eigenvalue weighted by Crippen LogP contribution is 2.61. The van der Waals surface area contributed by atoms with Gasteiger partial charge in [-0.3, -0.25) is 0 Å². The highest BCUT2D eigenvalue weighted by Gasteiger charge is 2.40. The first-order valence-electron chi connectivity index (χ1n) is 9.51. The number of carboxylic acid groups (broad SMARTS) is 1. The van der Waals surface area contributed by atoms with E-state index in [2.05, 4.69) is 32.4 Å². The van der Waals surface area contributed by atoms with Gasteiger partial charge in [-0.25, -0.2) is 0 Å². The predicted molar refractivity (Wildman–Crippen MR) is 111 cm³/mol. The molecule has 2 N–H and O–H groups in total. The van der Waals surface area contributed by atoms with Crippen LogP contribution in [0.5, 0.6) is 11.5 Å². The van der Waals surface area contributed by atoms with Gasteiger partial charge in [0, 0.05) is 6.07 Å². The summed E-state index contributed by atoms with van der Waals surface area (Å²) in [6, 6.07) is 5.10. The molecule has 26 heavy (non-hydrogen) atoms. The zero-order chi connectivity index (χ0) is 20.0. The van der Waals surface area contributed by atoms with Gasteiger partial charge in [0.1, 0.15) is 11.1 Å². The number of unbranched alkanes of at least 4 members (excludes halogenated alkanes) is 3. The van der Waals surface area contributed by atoms with Gasteiger partial charge >= 0.3 is 0 Å². The Morgan fingerprint density at radius 3 is 1.77 bits per heavy atom. The van der Waals surface area contributed by atoms with Gasteiger partial charge in [-0.2, -0.15) is 0 Å². The summed E-state index contributed by atoms with van der Waals surface area (Å²) >= 11 is 4.67. The molecule has 6 heteroatoms. The fourth-order valence-corrected chi connectivity index (χ4v) is 8.10. The number of rotatable bonds is 11. The molecule has 0 aliphatic carbocycles. The Morgan fingerprint density at radius 1 is 1.00 bits per heavy atom. The molecule has 0 spiro atoms. The molecule has 0 atom stereocenters. The van der Waals surface area contributed by atoms with Gasteiger partial charge < -0.3 is 20.1 Å². The quantitative estimate of drug-likeness (QED) is 0.330. The van der Waals surface area contributed by atoms with Crippen molar-refractivity contribution in [2.45, 2.75) is 59.3 Å². The Bertz CT molecular complexity index is 501. The van der Waals surface area contributed by atoms with Gasteiger partial charge in [-0.05, 0) is 31.4 Å². The van der Waals surface area contributed by atoms with Gasteiger partial charge in [0.25, 0.3) is 0 Å². The van der Waals surface area contributed by atoms with Crippen molar-refractivity contribution in [3.05, 3.63) is 18.2 Å². The van der Waals surface area contributed by atoms with Gasteiger partial charge in [0.2, 0.25) is 0 Å². The van der Waals surface area contributed by atoms with Crippen LogP contribution in [0.4, 0.5) is 0 Å². The number of benzene rings is 1. The first kappa shape index (κ1) is 25.0. The Hall–Kier alpha value is -0.990. The fourth-order valence-electron chi connectivity index (χ4n) is 2.97. The molecule has 1 aromatic carbocycles. The van der Waals surface area contributed by atoms with Crippen molar-refractivity contribution < 1.29 is 20.1 Å². The molecule has 1 aromatic rings. The number of phenolic OH excluding ortho intramolecular Hbond substituents is 2. The second-order valence-electron chi connectivity index (χ2n) is 6.56. The zero-order valence-electron chi connectivity index (χ0n) is 16.3. The van der Waals surface area contributed by atoms with Crippen LogP contribution in [-0.4, -0.2) is 40.5 Å². The summed E-state index contributed by atoms with van der Waals surface area (Å²) in [4.78, 5) is 9.12. The van der Waals surface area contributed by atoms with E-state index in [0.29, 0.717) is 5.75 Å². The zero-order valence-corrected chi connectivity index (χ0v) is 18.0. The minimum absolute atomic E-state index is 0.289. The Morgan fingerprint density at radius 2 is 1.42 bits per heavy atom. The summed E-state index contributed by atoms with van der Waals surface area (Å²) < 4.78 is 0. The molecular weight excluding hydrogens is 371 g/mol. The summed E-state index contributed by atoms with van der Waals surface area (Å²) in [6.45, 7) is 6.70. The van der Waals surface area contributed by atoms with Crippen molar-refractivity contribution in [2.24, 2.45) is 0 Å². The summed E-state index contributed by atoms with van der Waals surface area (Å²) in [5.74, 6) is -0.965. The van der Waals surface area contributed by atoms with Crippen molar-refractivity contribution in [1.82, 2.24) is 0 Å². The SMILES string of the molecule is CCCC[P+](CCCC)(CCCC)c1cc(O)ccc1O.O=C([O-])CCl. The van der Waals surface area contributed by atoms with Gasteiger partial charge in [0.15, 0.2) is 5.75 Å². The average molecular weight is 405 g/mol. The molecular formula is C20H34ClO4P. The fraction of sp³-hybridized carbons (Fsp3) is 0.650. The first-order valence-corrected chi connectivity index (χ1v) is 12.4. The van der Waals surface area contributed by atoms with Crippen molar-refractivity contribution >= 4 is 30.1 Å². The Labute approximate surface area is 163 Å². The third kappa shape index (κ3) is 9.09. The highest BCUT2D eigenvalue weighted by atomic mass is 35.5. The second-order valence-corrected chi connectivity index (χ2v) is 10.9. The first-order chi connectivity index (χ1) is 12.4. The summed E-state index contributed by atoms with van der Waals surface area (Å²) in [5, 5.41) is 30.5. The number of hydrogen-bond acceptors (Lipinski definition) is 4. The van der Waals surface area contributed by atoms with E-state index in [1.54, 1.807) is 12.1 Å². The molecule has 0 radical (unpaired) electrons. The maximum absolute atomic E-state index is 10.4. The number of aliphatic carboxylic acids is 1. The molecule has 0 fully saturated rings. The Kier molecular flexibility index (Phi) is 13.6. The van der Waals surface area contributed by atoms with Crippen molar-refractivity contribution in [1.29, 1.82) is 0 Å². The van der Waals surface area contributed by atoms with Crippen LogP contribution in [0.2, 0.25) is 0 Å². The van der Waals surface area contributed by atoms with Crippen LogP contribution in [0.15, 0.2) is 18.2 Å². The van der Waals surface area contributed by atoms with E-state index < -0.39 is 19.1 Å². The number of carbonyl (C=O) groups is 1. The summed E-state index contributed by atoms with van der Waals surface area (Å²) in [5.41, 5.74) is 0. The standard InChI is InChI=1S/C18H31O2P.C2H3ClO2/c1-4-7-12-21(13-8-5-2,14-9-6-3)18-15-16(19)10-11-17(18)20;3-1-2(4)5/h10-11,15H,4-9,12-14H2,1-3H3,(H-,19,20);1H2,(H,4,5). The number of carbonyl (C=O) groups excluding carboxylic acids is 1. The topological polar surface area (TPSA) is 80.6 Å². The number of aromatic hydroxyl groups is 2. The Balaban J connectivity index is 0.00000110. The molecule has 0 heterocycles. The number of carboxylic acids is 1. The van der Waals surface area contributed by atoms with Crippen molar-refractivity contribution in [3.63, 3.8) is 0 Å². The van der Waals surface area contributed by atoms with E-state index in [4.69, 9.17) is 9.90 Å². The molecule has 0 aliphatic rings. The van der Waals surface area contributed by atoms with Crippen LogP contribution in [-0.2, 0) is 4.79 Å². The maximum atomic E-state index is 10.4. The molecule has 150 valence electrons. The van der Waals surface area contributed by atoms with E-state index >= 15 is 0 Å². The largest absolute Gasteiger partial charge is 0.549 e. The normalized spacial score (nSPS) is 10.9. The van der Waals surface area contributed by atoms with Crippen LogP contribution in [0.3, 0.4) is 0 Å². The van der Waals surface area contributed by atoms with Crippen LogP contribution >= 0.6 is 18.9 Å². The molecule has 0 aliphatic heterocycles. The van der Waals surface area contributed by atoms with Crippen LogP contribution in [0, 0.1) is 0 Å². The minimum atomic E-state index is -1.37. The van der Waals surface area contributed by atoms with Gasteiger partial charge in [0.05, 0.1) is 37.6 Å². The maximum Gasteiger partial charge on any atom is 0.158 e. The smallest absolute Gasteiger partial charge is 0.158 e. The average Bonchev–Trinajstić information content (AvgIpc) is 2.64. The van der Waals surface area contributed by atoms with Gasteiger partial charge in [-0.1, -0.05) is 40.0 Å². The van der Waals surface area contributed by atoms with Crippen LogP contribution in [0.25, 0.3) is 0 Å². The molecule has 0 saturated carbocycles. The molecule has 0 amide bonds. The molecule has 0 bridgehead atoms. The van der Waals surface area contributed by atoms with E-state index in [0.717, 1.165) is 5.30 Å². The lowest BCUT2D eigenvalue weighted by Gasteiger charge is -2.28. The lowest BCUT2D eigenvalue weighted by atomic mass is 10.3. The minimum Gasteiger partial charge on any atom is -0.549 e. The van der Waals surface area contributed by atoms with E-state index in [-0.39, 0.29) is 5.75 Å².